The van der Waals surface area contributed by atoms with Crippen molar-refractivity contribution in [2.45, 2.75) is 13.3 Å². The molecule has 4 rings (SSSR count). The van der Waals surface area contributed by atoms with Crippen molar-refractivity contribution in [1.82, 2.24) is 19.9 Å². The zero-order valence-corrected chi connectivity index (χ0v) is 18.6. The number of likely N-dealkylation sites (tertiary alicyclic amines) is 1. The van der Waals surface area contributed by atoms with E-state index in [0.29, 0.717) is 30.5 Å². The highest BCUT2D eigenvalue weighted by Gasteiger charge is 2.24. The SMILES string of the molecule is CC1CN(C(=O)Nc2cccnc2)CCC1=Cc1cccc(Oc2ncc(Br)cn2)c1. The Balaban J connectivity index is 1.39. The van der Waals surface area contributed by atoms with E-state index in [0.717, 1.165) is 16.5 Å². The van der Waals surface area contributed by atoms with Crippen LogP contribution in [0.25, 0.3) is 6.08 Å². The number of nitrogens with zero attached hydrogens (tertiary/aromatic N) is 4. The Bertz CT molecular complexity index is 1070. The molecule has 158 valence electrons. The lowest BCUT2D eigenvalue weighted by atomic mass is 9.91. The van der Waals surface area contributed by atoms with Crippen LogP contribution in [0.4, 0.5) is 10.5 Å². The molecule has 7 nitrogen and oxygen atoms in total. The van der Waals surface area contributed by atoms with Crippen molar-refractivity contribution in [3.05, 3.63) is 76.8 Å². The first kappa shape index (κ1) is 21.0. The minimum absolute atomic E-state index is 0.0937. The van der Waals surface area contributed by atoms with Crippen LogP contribution in [0.15, 0.2) is 71.2 Å². The van der Waals surface area contributed by atoms with E-state index in [4.69, 9.17) is 4.74 Å². The Morgan fingerprint density at radius 1 is 1.23 bits per heavy atom. The number of amides is 2. The van der Waals surface area contributed by atoms with Crippen molar-refractivity contribution in [2.24, 2.45) is 5.92 Å². The van der Waals surface area contributed by atoms with Crippen molar-refractivity contribution in [3.63, 3.8) is 0 Å². The molecule has 1 aliphatic heterocycles. The number of hydrogen-bond donors (Lipinski definition) is 1. The molecule has 3 heterocycles. The van der Waals surface area contributed by atoms with E-state index in [1.54, 1.807) is 30.9 Å². The minimum Gasteiger partial charge on any atom is -0.424 e. The summed E-state index contributed by atoms with van der Waals surface area (Å²) < 4.78 is 6.56. The van der Waals surface area contributed by atoms with Gasteiger partial charge in [-0.2, -0.15) is 0 Å². The molecule has 1 aliphatic rings. The summed E-state index contributed by atoms with van der Waals surface area (Å²) in [6.07, 6.45) is 9.62. The number of piperidine rings is 1. The number of pyridine rings is 1. The molecule has 0 saturated carbocycles. The topological polar surface area (TPSA) is 80.2 Å². The Morgan fingerprint density at radius 2 is 2.06 bits per heavy atom. The molecule has 8 heteroatoms. The van der Waals surface area contributed by atoms with Gasteiger partial charge in [0.1, 0.15) is 5.75 Å². The number of aromatic nitrogens is 3. The van der Waals surface area contributed by atoms with Gasteiger partial charge in [0.15, 0.2) is 0 Å². The molecule has 1 fully saturated rings. The normalized spacial score (nSPS) is 17.4. The quantitative estimate of drug-likeness (QED) is 0.542. The number of carbonyl (C=O) groups excluding carboxylic acids is 1. The second-order valence-corrected chi connectivity index (χ2v) is 8.26. The fourth-order valence-corrected chi connectivity index (χ4v) is 3.63. The Morgan fingerprint density at radius 3 is 2.81 bits per heavy atom. The van der Waals surface area contributed by atoms with Crippen LogP contribution in [-0.2, 0) is 0 Å². The van der Waals surface area contributed by atoms with Gasteiger partial charge in [-0.1, -0.05) is 30.7 Å². The molecular formula is C23H22BrN5O2. The third-order valence-corrected chi connectivity index (χ3v) is 5.42. The number of carbonyl (C=O) groups is 1. The number of nitrogens with one attached hydrogen (secondary N) is 1. The van der Waals surface area contributed by atoms with Gasteiger partial charge in [0.25, 0.3) is 0 Å². The van der Waals surface area contributed by atoms with Gasteiger partial charge in [0.05, 0.1) is 16.4 Å². The van der Waals surface area contributed by atoms with Crippen LogP contribution in [0.3, 0.4) is 0 Å². The minimum atomic E-state index is -0.0937. The number of urea groups is 1. The molecule has 1 atom stereocenters. The van der Waals surface area contributed by atoms with E-state index in [-0.39, 0.29) is 11.9 Å². The summed E-state index contributed by atoms with van der Waals surface area (Å²) in [7, 11) is 0. The molecule has 31 heavy (non-hydrogen) atoms. The molecule has 0 bridgehead atoms. The molecule has 0 aliphatic carbocycles. The van der Waals surface area contributed by atoms with Gasteiger partial charge in [-0.25, -0.2) is 14.8 Å². The highest BCUT2D eigenvalue weighted by Crippen LogP contribution is 2.27. The zero-order chi connectivity index (χ0) is 21.6. The Hall–Kier alpha value is -3.26. The molecule has 1 N–H and O–H groups in total. The number of rotatable bonds is 4. The average Bonchev–Trinajstić information content (AvgIpc) is 2.78. The third kappa shape index (κ3) is 5.67. The number of ether oxygens (including phenoxy) is 1. The first-order valence-corrected chi connectivity index (χ1v) is 10.8. The third-order valence-electron chi connectivity index (χ3n) is 5.01. The summed E-state index contributed by atoms with van der Waals surface area (Å²) in [6, 6.07) is 11.7. The summed E-state index contributed by atoms with van der Waals surface area (Å²) in [5.41, 5.74) is 3.06. The Kier molecular flexibility index (Phi) is 6.57. The number of anilines is 1. The van der Waals surface area contributed by atoms with Crippen LogP contribution < -0.4 is 10.1 Å². The highest BCUT2D eigenvalue weighted by atomic mass is 79.9. The fourth-order valence-electron chi connectivity index (χ4n) is 3.43. The van der Waals surface area contributed by atoms with Gasteiger partial charge < -0.3 is 15.0 Å². The van der Waals surface area contributed by atoms with E-state index in [9.17, 15) is 4.79 Å². The predicted molar refractivity (Wildman–Crippen MR) is 123 cm³/mol. The maximum Gasteiger partial charge on any atom is 0.321 e. The van der Waals surface area contributed by atoms with E-state index >= 15 is 0 Å². The first-order chi connectivity index (χ1) is 15.1. The van der Waals surface area contributed by atoms with Gasteiger partial charge in [0.2, 0.25) is 0 Å². The second kappa shape index (κ2) is 9.70. The summed E-state index contributed by atoms with van der Waals surface area (Å²) in [6.45, 7) is 3.48. The van der Waals surface area contributed by atoms with E-state index < -0.39 is 0 Å². The number of halogens is 1. The highest BCUT2D eigenvalue weighted by molar-refractivity contribution is 9.10. The van der Waals surface area contributed by atoms with Crippen LogP contribution in [0.5, 0.6) is 11.8 Å². The predicted octanol–water partition coefficient (Wildman–Crippen LogP) is 5.38. The van der Waals surface area contributed by atoms with Gasteiger partial charge in [-0.15, -0.1) is 0 Å². The van der Waals surface area contributed by atoms with E-state index in [2.05, 4.69) is 49.2 Å². The summed E-state index contributed by atoms with van der Waals surface area (Å²) >= 11 is 3.31. The van der Waals surface area contributed by atoms with Gasteiger partial charge in [0, 0.05) is 31.7 Å². The van der Waals surface area contributed by atoms with E-state index in [1.165, 1.54) is 5.57 Å². The summed E-state index contributed by atoms with van der Waals surface area (Å²) in [5, 5.41) is 2.90. The summed E-state index contributed by atoms with van der Waals surface area (Å²) in [4.78, 5) is 26.7. The van der Waals surface area contributed by atoms with Crippen molar-refractivity contribution < 1.29 is 9.53 Å². The smallest absolute Gasteiger partial charge is 0.321 e. The molecule has 2 amide bonds. The van der Waals surface area contributed by atoms with Crippen molar-refractivity contribution >= 4 is 33.7 Å². The van der Waals surface area contributed by atoms with Gasteiger partial charge in [-0.3, -0.25) is 4.98 Å². The molecule has 1 aromatic carbocycles. The number of benzene rings is 1. The molecule has 0 radical (unpaired) electrons. The molecular weight excluding hydrogens is 458 g/mol. The number of hydrogen-bond acceptors (Lipinski definition) is 5. The summed E-state index contributed by atoms with van der Waals surface area (Å²) in [5.74, 6) is 0.936. The standard InChI is InChI=1S/C23H22BrN5O2/c1-16-15-29(23(30)28-20-5-3-8-25-14-20)9-7-18(16)10-17-4-2-6-21(11-17)31-22-26-12-19(24)13-27-22/h2-6,8,10-14,16H,7,9,15H2,1H3,(H,28,30). The van der Waals surface area contributed by atoms with Crippen LogP contribution in [0.2, 0.25) is 0 Å². The lowest BCUT2D eigenvalue weighted by Gasteiger charge is -2.33. The van der Waals surface area contributed by atoms with E-state index in [1.807, 2.05) is 35.2 Å². The second-order valence-electron chi connectivity index (χ2n) is 7.35. The molecule has 2 aromatic heterocycles. The Labute approximate surface area is 189 Å². The lowest BCUT2D eigenvalue weighted by molar-refractivity contribution is 0.198. The van der Waals surface area contributed by atoms with Gasteiger partial charge in [-0.05, 0) is 58.1 Å². The van der Waals surface area contributed by atoms with Crippen molar-refractivity contribution in [3.8, 4) is 11.8 Å². The van der Waals surface area contributed by atoms with Crippen molar-refractivity contribution in [1.29, 1.82) is 0 Å². The largest absolute Gasteiger partial charge is 0.424 e. The molecule has 1 saturated heterocycles. The maximum absolute atomic E-state index is 12.6. The lowest BCUT2D eigenvalue weighted by Crippen LogP contribution is -2.42. The molecule has 0 spiro atoms. The van der Waals surface area contributed by atoms with Crippen LogP contribution in [0, 0.1) is 5.92 Å². The van der Waals surface area contributed by atoms with Crippen LogP contribution in [0.1, 0.15) is 18.9 Å². The fraction of sp³-hybridized carbons (Fsp3) is 0.217. The van der Waals surface area contributed by atoms with Crippen LogP contribution >= 0.6 is 15.9 Å². The molecule has 3 aromatic rings. The van der Waals surface area contributed by atoms with Gasteiger partial charge >= 0.3 is 12.0 Å². The first-order valence-electron chi connectivity index (χ1n) is 9.99. The zero-order valence-electron chi connectivity index (χ0n) is 17.0. The monoisotopic (exact) mass is 479 g/mol. The van der Waals surface area contributed by atoms with Crippen molar-refractivity contribution in [2.75, 3.05) is 18.4 Å². The van der Waals surface area contributed by atoms with Crippen LogP contribution in [-0.4, -0.2) is 39.0 Å². The maximum atomic E-state index is 12.6. The average molecular weight is 480 g/mol. The molecule has 1 unspecified atom stereocenters.